The molecule has 1 aromatic carbocycles. The molecule has 0 spiro atoms. The Labute approximate surface area is 80.0 Å². The standard InChI is InChI=1S/C13H16/c1-8-4-3-5-12-10-6-7-11(9(10)2)13(8)12/h3-5,9-11H,6-7H2,1-2H3/t9?,10-,11+/m0/s1. The Morgan fingerprint density at radius 2 is 1.92 bits per heavy atom. The van der Waals surface area contributed by atoms with Gasteiger partial charge in [-0.1, -0.05) is 25.1 Å². The van der Waals surface area contributed by atoms with Crippen LogP contribution >= 0.6 is 0 Å². The SMILES string of the molecule is Cc1cccc2c1[C@@H]1CC[C@H]2C1C. The maximum Gasteiger partial charge on any atom is -0.0125 e. The molecule has 2 aliphatic rings. The molecule has 0 aliphatic heterocycles. The summed E-state index contributed by atoms with van der Waals surface area (Å²) >= 11 is 0. The molecule has 0 heterocycles. The van der Waals surface area contributed by atoms with Crippen LogP contribution in [-0.4, -0.2) is 0 Å². The Balaban J connectivity index is 2.24. The predicted molar refractivity (Wildman–Crippen MR) is 55.1 cm³/mol. The van der Waals surface area contributed by atoms with Gasteiger partial charge in [0.25, 0.3) is 0 Å². The number of rotatable bonds is 0. The summed E-state index contributed by atoms with van der Waals surface area (Å²) in [6, 6.07) is 6.84. The molecule has 1 fully saturated rings. The fourth-order valence-electron chi connectivity index (χ4n) is 3.54. The average Bonchev–Trinajstić information content (AvgIpc) is 2.61. The Morgan fingerprint density at radius 1 is 1.15 bits per heavy atom. The molecule has 0 aromatic heterocycles. The lowest BCUT2D eigenvalue weighted by Crippen LogP contribution is -1.99. The van der Waals surface area contributed by atoms with Gasteiger partial charge in [-0.05, 0) is 54.2 Å². The summed E-state index contributed by atoms with van der Waals surface area (Å²) in [6.07, 6.45) is 2.87. The number of hydrogen-bond donors (Lipinski definition) is 0. The predicted octanol–water partition coefficient (Wildman–Crippen LogP) is 3.61. The molecule has 1 saturated carbocycles. The highest BCUT2D eigenvalue weighted by molar-refractivity contribution is 5.46. The second-order valence-corrected chi connectivity index (χ2v) is 4.73. The smallest absolute Gasteiger partial charge is 0.0125 e. The van der Waals surface area contributed by atoms with Crippen LogP contribution < -0.4 is 0 Å². The van der Waals surface area contributed by atoms with E-state index in [1.54, 1.807) is 11.1 Å². The largest absolute Gasteiger partial charge is 0.0617 e. The third-order valence-corrected chi connectivity index (χ3v) is 4.19. The molecule has 0 nitrogen and oxygen atoms in total. The van der Waals surface area contributed by atoms with Gasteiger partial charge in [-0.2, -0.15) is 0 Å². The van der Waals surface area contributed by atoms with E-state index < -0.39 is 0 Å². The Bertz CT molecular complexity index is 351. The van der Waals surface area contributed by atoms with E-state index in [9.17, 15) is 0 Å². The van der Waals surface area contributed by atoms with Crippen LogP contribution in [0.25, 0.3) is 0 Å². The monoisotopic (exact) mass is 172 g/mol. The van der Waals surface area contributed by atoms with Crippen LogP contribution in [-0.2, 0) is 0 Å². The van der Waals surface area contributed by atoms with Crippen molar-refractivity contribution in [3.8, 4) is 0 Å². The molecule has 3 rings (SSSR count). The molecule has 0 N–H and O–H groups in total. The van der Waals surface area contributed by atoms with E-state index in [0.29, 0.717) is 0 Å². The van der Waals surface area contributed by atoms with Crippen molar-refractivity contribution in [2.45, 2.75) is 38.5 Å². The molecular formula is C13H16. The molecule has 2 bridgehead atoms. The third-order valence-electron chi connectivity index (χ3n) is 4.19. The van der Waals surface area contributed by atoms with E-state index in [4.69, 9.17) is 0 Å². The van der Waals surface area contributed by atoms with Crippen LogP contribution in [0.3, 0.4) is 0 Å². The Hall–Kier alpha value is -0.780. The minimum atomic E-state index is 0.889. The highest BCUT2D eigenvalue weighted by Crippen LogP contribution is 2.57. The van der Waals surface area contributed by atoms with Crippen LogP contribution in [0.1, 0.15) is 48.3 Å². The zero-order valence-electron chi connectivity index (χ0n) is 8.38. The first kappa shape index (κ1) is 7.61. The van der Waals surface area contributed by atoms with E-state index >= 15 is 0 Å². The van der Waals surface area contributed by atoms with Gasteiger partial charge < -0.3 is 0 Å². The van der Waals surface area contributed by atoms with E-state index in [2.05, 4.69) is 32.0 Å². The first-order valence-electron chi connectivity index (χ1n) is 5.38. The van der Waals surface area contributed by atoms with Crippen molar-refractivity contribution in [1.29, 1.82) is 0 Å². The molecule has 0 radical (unpaired) electrons. The van der Waals surface area contributed by atoms with Gasteiger partial charge in [-0.25, -0.2) is 0 Å². The van der Waals surface area contributed by atoms with Crippen LogP contribution in [0.5, 0.6) is 0 Å². The normalized spacial score (nSPS) is 35.1. The molecular weight excluding hydrogens is 156 g/mol. The van der Waals surface area contributed by atoms with Crippen LogP contribution in [0.4, 0.5) is 0 Å². The summed E-state index contributed by atoms with van der Waals surface area (Å²) in [5, 5.41) is 0. The van der Waals surface area contributed by atoms with E-state index in [0.717, 1.165) is 17.8 Å². The number of hydrogen-bond acceptors (Lipinski definition) is 0. The van der Waals surface area contributed by atoms with Crippen molar-refractivity contribution in [2.75, 3.05) is 0 Å². The maximum atomic E-state index is 2.43. The molecule has 3 atom stereocenters. The first-order chi connectivity index (χ1) is 6.29. The summed E-state index contributed by atoms with van der Waals surface area (Å²) in [5.74, 6) is 2.69. The lowest BCUT2D eigenvalue weighted by molar-refractivity contribution is 0.531. The van der Waals surface area contributed by atoms with Crippen molar-refractivity contribution < 1.29 is 0 Å². The molecule has 1 aromatic rings. The molecule has 2 aliphatic carbocycles. The van der Waals surface area contributed by atoms with Gasteiger partial charge in [0.05, 0.1) is 0 Å². The lowest BCUT2D eigenvalue weighted by atomic mass is 9.89. The zero-order valence-corrected chi connectivity index (χ0v) is 8.38. The van der Waals surface area contributed by atoms with Gasteiger partial charge in [0.2, 0.25) is 0 Å². The van der Waals surface area contributed by atoms with Gasteiger partial charge in [0.15, 0.2) is 0 Å². The van der Waals surface area contributed by atoms with Crippen molar-refractivity contribution in [1.82, 2.24) is 0 Å². The van der Waals surface area contributed by atoms with Gasteiger partial charge >= 0.3 is 0 Å². The first-order valence-corrected chi connectivity index (χ1v) is 5.38. The van der Waals surface area contributed by atoms with Crippen LogP contribution in [0, 0.1) is 12.8 Å². The minimum Gasteiger partial charge on any atom is -0.0617 e. The van der Waals surface area contributed by atoms with Gasteiger partial charge in [-0.3, -0.25) is 0 Å². The summed E-state index contributed by atoms with van der Waals surface area (Å²) in [4.78, 5) is 0. The third kappa shape index (κ3) is 0.815. The van der Waals surface area contributed by atoms with Gasteiger partial charge in [0.1, 0.15) is 0 Å². The topological polar surface area (TPSA) is 0 Å². The lowest BCUT2D eigenvalue weighted by Gasteiger charge is -2.16. The van der Waals surface area contributed by atoms with Crippen molar-refractivity contribution in [3.63, 3.8) is 0 Å². The van der Waals surface area contributed by atoms with E-state index in [1.165, 1.54) is 18.4 Å². The van der Waals surface area contributed by atoms with Gasteiger partial charge in [-0.15, -0.1) is 0 Å². The van der Waals surface area contributed by atoms with Crippen molar-refractivity contribution >= 4 is 0 Å². The highest BCUT2D eigenvalue weighted by Gasteiger charge is 2.43. The van der Waals surface area contributed by atoms with Gasteiger partial charge in [0, 0.05) is 0 Å². The summed E-state index contributed by atoms with van der Waals surface area (Å²) < 4.78 is 0. The van der Waals surface area contributed by atoms with Crippen LogP contribution in [0.2, 0.25) is 0 Å². The zero-order chi connectivity index (χ0) is 9.00. The summed E-state index contributed by atoms with van der Waals surface area (Å²) in [6.45, 7) is 4.70. The maximum absolute atomic E-state index is 2.43. The number of benzene rings is 1. The molecule has 68 valence electrons. The summed E-state index contributed by atoms with van der Waals surface area (Å²) in [5.41, 5.74) is 4.89. The molecule has 13 heavy (non-hydrogen) atoms. The summed E-state index contributed by atoms with van der Waals surface area (Å²) in [7, 11) is 0. The van der Waals surface area contributed by atoms with Crippen molar-refractivity contribution in [3.05, 3.63) is 34.9 Å². The van der Waals surface area contributed by atoms with E-state index in [1.807, 2.05) is 0 Å². The number of fused-ring (bicyclic) bond motifs is 5. The second-order valence-electron chi connectivity index (χ2n) is 4.73. The van der Waals surface area contributed by atoms with Crippen LogP contribution in [0.15, 0.2) is 18.2 Å². The molecule has 1 unspecified atom stereocenters. The highest BCUT2D eigenvalue weighted by atomic mass is 14.5. The fourth-order valence-corrected chi connectivity index (χ4v) is 3.54. The van der Waals surface area contributed by atoms with E-state index in [-0.39, 0.29) is 0 Å². The van der Waals surface area contributed by atoms with Crippen molar-refractivity contribution in [2.24, 2.45) is 5.92 Å². The molecule has 0 heteroatoms. The average molecular weight is 172 g/mol. The fraction of sp³-hybridized carbons (Fsp3) is 0.538. The Kier molecular flexibility index (Phi) is 1.39. The number of aryl methyl sites for hydroxylation is 1. The second kappa shape index (κ2) is 2.37. The minimum absolute atomic E-state index is 0.889. The molecule has 0 amide bonds. The molecule has 0 saturated heterocycles. The quantitative estimate of drug-likeness (QED) is 0.561. The Morgan fingerprint density at radius 3 is 2.69 bits per heavy atom.